The Balaban J connectivity index is 2.30. The molecule has 5 heteroatoms. The van der Waals surface area contributed by atoms with Gasteiger partial charge in [-0.25, -0.2) is 0 Å². The molecule has 1 aromatic carbocycles. The zero-order valence-electron chi connectivity index (χ0n) is 8.69. The Morgan fingerprint density at radius 1 is 1.44 bits per heavy atom. The van der Waals surface area contributed by atoms with Crippen molar-refractivity contribution in [2.45, 2.75) is 6.92 Å². The van der Waals surface area contributed by atoms with Crippen LogP contribution >= 0.6 is 0 Å². The summed E-state index contributed by atoms with van der Waals surface area (Å²) in [6.07, 6.45) is 0. The molecular formula is C11H10N4O. The summed E-state index contributed by atoms with van der Waals surface area (Å²) < 4.78 is 5.45. The first kappa shape index (κ1) is 10.1. The Morgan fingerprint density at radius 2 is 2.25 bits per heavy atom. The molecule has 0 fully saturated rings. The molecule has 2 rings (SSSR count). The molecule has 0 amide bonds. The van der Waals surface area contributed by atoms with E-state index in [2.05, 4.69) is 10.2 Å². The van der Waals surface area contributed by atoms with Crippen LogP contribution < -0.4 is 10.5 Å². The summed E-state index contributed by atoms with van der Waals surface area (Å²) in [5.41, 5.74) is 7.59. The average molecular weight is 214 g/mol. The zero-order valence-corrected chi connectivity index (χ0v) is 8.69. The van der Waals surface area contributed by atoms with Crippen molar-refractivity contribution in [3.8, 4) is 17.7 Å². The number of aromatic amines is 1. The summed E-state index contributed by atoms with van der Waals surface area (Å²) >= 11 is 0. The highest BCUT2D eigenvalue weighted by atomic mass is 16.5. The number of nitrogens with two attached hydrogens (primary N) is 1. The zero-order chi connectivity index (χ0) is 11.5. The number of hydrogen-bond donors (Lipinski definition) is 2. The lowest BCUT2D eigenvalue weighted by molar-refractivity contribution is 0.463. The Morgan fingerprint density at radius 3 is 2.88 bits per heavy atom. The van der Waals surface area contributed by atoms with E-state index < -0.39 is 0 Å². The molecule has 0 aliphatic rings. The van der Waals surface area contributed by atoms with Crippen molar-refractivity contribution in [2.24, 2.45) is 0 Å². The minimum atomic E-state index is 0.430. The van der Waals surface area contributed by atoms with Gasteiger partial charge in [-0.05, 0) is 19.1 Å². The molecule has 0 saturated carbocycles. The van der Waals surface area contributed by atoms with Crippen LogP contribution in [0.25, 0.3) is 0 Å². The lowest BCUT2D eigenvalue weighted by Crippen LogP contribution is -1.93. The summed E-state index contributed by atoms with van der Waals surface area (Å²) in [7, 11) is 0. The van der Waals surface area contributed by atoms with Crippen LogP contribution in [-0.2, 0) is 0 Å². The molecule has 1 aromatic heterocycles. The van der Waals surface area contributed by atoms with E-state index >= 15 is 0 Å². The second kappa shape index (κ2) is 3.95. The second-order valence-electron chi connectivity index (χ2n) is 3.36. The van der Waals surface area contributed by atoms with E-state index in [9.17, 15) is 0 Å². The van der Waals surface area contributed by atoms with Crippen molar-refractivity contribution < 1.29 is 4.74 Å². The van der Waals surface area contributed by atoms with Gasteiger partial charge >= 0.3 is 0 Å². The number of anilines is 1. The van der Waals surface area contributed by atoms with Crippen molar-refractivity contribution in [2.75, 3.05) is 5.73 Å². The van der Waals surface area contributed by atoms with Crippen LogP contribution in [0.1, 0.15) is 11.3 Å². The Hall–Kier alpha value is -2.48. The quantitative estimate of drug-likeness (QED) is 0.748. The lowest BCUT2D eigenvalue weighted by Gasteiger charge is -2.05. The van der Waals surface area contributed by atoms with Crippen molar-refractivity contribution in [3.05, 3.63) is 35.5 Å². The van der Waals surface area contributed by atoms with Crippen LogP contribution in [-0.4, -0.2) is 10.2 Å². The number of aromatic nitrogens is 2. The lowest BCUT2D eigenvalue weighted by atomic mass is 10.2. The number of hydrogen-bond acceptors (Lipinski definition) is 4. The second-order valence-corrected chi connectivity index (χ2v) is 3.36. The number of rotatable bonds is 2. The Kier molecular flexibility index (Phi) is 2.48. The van der Waals surface area contributed by atoms with Gasteiger partial charge in [-0.2, -0.15) is 5.26 Å². The number of nitrogen functional groups attached to an aromatic ring is 1. The van der Waals surface area contributed by atoms with E-state index in [1.807, 2.05) is 13.0 Å². The van der Waals surface area contributed by atoms with Crippen LogP contribution in [0.4, 0.5) is 5.69 Å². The molecule has 1 heterocycles. The predicted molar refractivity (Wildman–Crippen MR) is 59.0 cm³/mol. The molecule has 80 valence electrons. The number of benzene rings is 1. The number of aryl methyl sites for hydroxylation is 1. The van der Waals surface area contributed by atoms with Gasteiger partial charge in [0.05, 0.1) is 17.3 Å². The van der Waals surface area contributed by atoms with Gasteiger partial charge < -0.3 is 10.5 Å². The number of ether oxygens (including phenoxy) is 1. The fourth-order valence-electron chi connectivity index (χ4n) is 1.25. The molecule has 0 aliphatic carbocycles. The van der Waals surface area contributed by atoms with Crippen LogP contribution in [0, 0.1) is 18.3 Å². The van der Waals surface area contributed by atoms with Gasteiger partial charge in [-0.3, -0.25) is 5.10 Å². The first-order chi connectivity index (χ1) is 7.69. The van der Waals surface area contributed by atoms with E-state index in [4.69, 9.17) is 15.7 Å². The molecule has 0 saturated heterocycles. The Bertz CT molecular complexity index is 553. The number of nitriles is 1. The highest BCUT2D eigenvalue weighted by molar-refractivity contribution is 5.57. The molecule has 0 aliphatic heterocycles. The molecule has 16 heavy (non-hydrogen) atoms. The van der Waals surface area contributed by atoms with E-state index in [0.717, 1.165) is 5.69 Å². The fraction of sp³-hybridized carbons (Fsp3) is 0.0909. The summed E-state index contributed by atoms with van der Waals surface area (Å²) in [5, 5.41) is 15.4. The molecule has 0 atom stereocenters. The van der Waals surface area contributed by atoms with Crippen LogP contribution in [0.5, 0.6) is 11.6 Å². The van der Waals surface area contributed by atoms with Crippen LogP contribution in [0.2, 0.25) is 0 Å². The largest absolute Gasteiger partial charge is 0.435 e. The van der Waals surface area contributed by atoms with Gasteiger partial charge in [0, 0.05) is 17.8 Å². The van der Waals surface area contributed by atoms with Gasteiger partial charge in [0.2, 0.25) is 5.88 Å². The molecule has 5 nitrogen and oxygen atoms in total. The SMILES string of the molecule is Cc1cc(Oc2cc(C#N)ccc2N)n[nH]1. The minimum absolute atomic E-state index is 0.430. The minimum Gasteiger partial charge on any atom is -0.435 e. The van der Waals surface area contributed by atoms with Gasteiger partial charge in [-0.1, -0.05) is 0 Å². The van der Waals surface area contributed by atoms with E-state index in [1.165, 1.54) is 0 Å². The van der Waals surface area contributed by atoms with Crippen molar-refractivity contribution in [3.63, 3.8) is 0 Å². The summed E-state index contributed by atoms with van der Waals surface area (Å²) in [6, 6.07) is 8.62. The monoisotopic (exact) mass is 214 g/mol. The van der Waals surface area contributed by atoms with Crippen molar-refractivity contribution >= 4 is 5.69 Å². The number of H-pyrrole nitrogens is 1. The maximum Gasteiger partial charge on any atom is 0.238 e. The molecule has 0 bridgehead atoms. The molecule has 0 radical (unpaired) electrons. The molecule has 0 spiro atoms. The third-order valence-electron chi connectivity index (χ3n) is 2.04. The van der Waals surface area contributed by atoms with Gasteiger partial charge in [-0.15, -0.1) is 5.10 Å². The third-order valence-corrected chi connectivity index (χ3v) is 2.04. The molecule has 3 N–H and O–H groups in total. The first-order valence-corrected chi connectivity index (χ1v) is 4.68. The van der Waals surface area contributed by atoms with Crippen molar-refractivity contribution in [1.29, 1.82) is 5.26 Å². The maximum absolute atomic E-state index is 8.75. The fourth-order valence-corrected chi connectivity index (χ4v) is 1.25. The van der Waals surface area contributed by atoms with Gasteiger partial charge in [0.25, 0.3) is 0 Å². The number of nitrogens with zero attached hydrogens (tertiary/aromatic N) is 2. The van der Waals surface area contributed by atoms with E-state index in [1.54, 1.807) is 24.3 Å². The third kappa shape index (κ3) is 1.96. The highest BCUT2D eigenvalue weighted by Crippen LogP contribution is 2.27. The normalized spacial score (nSPS) is 9.75. The van der Waals surface area contributed by atoms with Crippen molar-refractivity contribution in [1.82, 2.24) is 10.2 Å². The van der Waals surface area contributed by atoms with Gasteiger partial charge in [0.15, 0.2) is 5.75 Å². The van der Waals surface area contributed by atoms with Crippen LogP contribution in [0.3, 0.4) is 0 Å². The summed E-state index contributed by atoms with van der Waals surface area (Å²) in [4.78, 5) is 0. The highest BCUT2D eigenvalue weighted by Gasteiger charge is 2.05. The number of nitrogens with one attached hydrogen (secondary N) is 1. The predicted octanol–water partition coefficient (Wildman–Crippen LogP) is 1.96. The maximum atomic E-state index is 8.75. The molecular weight excluding hydrogens is 204 g/mol. The molecule has 2 aromatic rings. The topological polar surface area (TPSA) is 87.7 Å². The van der Waals surface area contributed by atoms with Crippen LogP contribution in [0.15, 0.2) is 24.3 Å². The Labute approximate surface area is 92.5 Å². The first-order valence-electron chi connectivity index (χ1n) is 4.68. The molecule has 0 unspecified atom stereocenters. The average Bonchev–Trinajstić information content (AvgIpc) is 2.67. The smallest absolute Gasteiger partial charge is 0.238 e. The summed E-state index contributed by atoms with van der Waals surface area (Å²) in [5.74, 6) is 0.866. The summed E-state index contributed by atoms with van der Waals surface area (Å²) in [6.45, 7) is 1.87. The van der Waals surface area contributed by atoms with E-state index in [0.29, 0.717) is 22.9 Å². The van der Waals surface area contributed by atoms with Gasteiger partial charge in [0.1, 0.15) is 0 Å². The standard InChI is InChI=1S/C11H10N4O/c1-7-4-11(15-14-7)16-10-5-8(6-12)2-3-9(10)13/h2-5H,13H2,1H3,(H,14,15). The van der Waals surface area contributed by atoms with E-state index in [-0.39, 0.29) is 0 Å².